The topological polar surface area (TPSA) is 35.9 Å². The Balaban J connectivity index is 0.00000180. The Morgan fingerprint density at radius 2 is 1.84 bits per heavy atom. The Morgan fingerprint density at radius 1 is 1.16 bits per heavy atom. The van der Waals surface area contributed by atoms with Gasteiger partial charge < -0.3 is 14.7 Å². The van der Waals surface area contributed by atoms with Crippen molar-refractivity contribution in [2.75, 3.05) is 46.4 Å². The molecule has 0 aliphatic carbocycles. The maximum Gasteiger partial charge on any atom is 0.124 e. The molecule has 2 rings (SSSR count). The Labute approximate surface area is 121 Å². The molecule has 1 aliphatic rings. The number of rotatable bonds is 5. The minimum absolute atomic E-state index is 0. The summed E-state index contributed by atoms with van der Waals surface area (Å²) in [6, 6.07) is 7.66. The van der Waals surface area contributed by atoms with Crippen molar-refractivity contribution < 1.29 is 9.84 Å². The lowest BCUT2D eigenvalue weighted by Gasteiger charge is -2.32. The van der Waals surface area contributed by atoms with E-state index < -0.39 is 0 Å². The minimum Gasteiger partial charge on any atom is -0.492 e. The monoisotopic (exact) mass is 286 g/mol. The summed E-state index contributed by atoms with van der Waals surface area (Å²) in [7, 11) is 2.16. The number of hydrogen-bond donors (Lipinski definition) is 1. The highest BCUT2D eigenvalue weighted by Gasteiger charge is 2.13. The lowest BCUT2D eigenvalue weighted by atomic mass is 10.2. The molecule has 1 aliphatic heterocycles. The molecule has 0 aromatic heterocycles. The van der Waals surface area contributed by atoms with Crippen LogP contribution in [0.25, 0.3) is 0 Å². The predicted octanol–water partition coefficient (Wildman–Crippen LogP) is 1.23. The van der Waals surface area contributed by atoms with Crippen LogP contribution in [-0.2, 0) is 6.61 Å². The Hall–Kier alpha value is -0.810. The average Bonchev–Trinajstić information content (AvgIpc) is 2.41. The fourth-order valence-electron chi connectivity index (χ4n) is 2.13. The van der Waals surface area contributed by atoms with Crippen LogP contribution in [0.2, 0.25) is 0 Å². The quantitative estimate of drug-likeness (QED) is 0.883. The Morgan fingerprint density at radius 3 is 2.53 bits per heavy atom. The zero-order valence-corrected chi connectivity index (χ0v) is 12.2. The van der Waals surface area contributed by atoms with Gasteiger partial charge in [-0.15, -0.1) is 12.4 Å². The first-order valence-corrected chi connectivity index (χ1v) is 6.52. The maximum absolute atomic E-state index is 9.20. The molecule has 0 radical (unpaired) electrons. The zero-order chi connectivity index (χ0) is 12.8. The summed E-state index contributed by atoms with van der Waals surface area (Å²) < 4.78 is 5.74. The molecular formula is C14H23ClN2O2. The summed E-state index contributed by atoms with van der Waals surface area (Å²) >= 11 is 0. The number of nitrogens with zero attached hydrogens (tertiary/aromatic N) is 2. The van der Waals surface area contributed by atoms with Crippen molar-refractivity contribution in [1.29, 1.82) is 0 Å². The van der Waals surface area contributed by atoms with E-state index in [1.54, 1.807) is 0 Å². The van der Waals surface area contributed by atoms with Crippen LogP contribution in [0.4, 0.5) is 0 Å². The van der Waals surface area contributed by atoms with Gasteiger partial charge in [0.1, 0.15) is 12.4 Å². The zero-order valence-electron chi connectivity index (χ0n) is 11.4. The fraction of sp³-hybridized carbons (Fsp3) is 0.571. The third-order valence-electron chi connectivity index (χ3n) is 3.40. The van der Waals surface area contributed by atoms with Crippen LogP contribution in [0.1, 0.15) is 5.56 Å². The van der Waals surface area contributed by atoms with Crippen molar-refractivity contribution in [2.45, 2.75) is 6.61 Å². The Bertz CT molecular complexity index is 368. The Kier molecular flexibility index (Phi) is 7.16. The molecule has 0 saturated carbocycles. The van der Waals surface area contributed by atoms with E-state index in [-0.39, 0.29) is 19.0 Å². The highest BCUT2D eigenvalue weighted by Crippen LogP contribution is 2.17. The highest BCUT2D eigenvalue weighted by atomic mass is 35.5. The summed E-state index contributed by atoms with van der Waals surface area (Å²) in [4.78, 5) is 4.76. The number of aliphatic hydroxyl groups is 1. The van der Waals surface area contributed by atoms with Gasteiger partial charge in [-0.2, -0.15) is 0 Å². The molecule has 19 heavy (non-hydrogen) atoms. The smallest absolute Gasteiger partial charge is 0.124 e. The van der Waals surface area contributed by atoms with Gasteiger partial charge in [-0.1, -0.05) is 18.2 Å². The first-order valence-electron chi connectivity index (χ1n) is 6.52. The van der Waals surface area contributed by atoms with Crippen LogP contribution in [0.5, 0.6) is 5.75 Å². The number of ether oxygens (including phenoxy) is 1. The van der Waals surface area contributed by atoms with Crippen molar-refractivity contribution in [3.8, 4) is 5.75 Å². The summed E-state index contributed by atoms with van der Waals surface area (Å²) in [6.45, 7) is 6.16. The molecule has 1 saturated heterocycles. The molecular weight excluding hydrogens is 264 g/mol. The number of piperazine rings is 1. The molecule has 1 N–H and O–H groups in total. The fourth-order valence-corrected chi connectivity index (χ4v) is 2.13. The molecule has 0 bridgehead atoms. The van der Waals surface area contributed by atoms with Crippen molar-refractivity contribution in [3.05, 3.63) is 29.8 Å². The normalized spacial score (nSPS) is 16.9. The first kappa shape index (κ1) is 16.2. The van der Waals surface area contributed by atoms with E-state index in [0.29, 0.717) is 6.61 Å². The molecule has 0 unspecified atom stereocenters. The summed E-state index contributed by atoms with van der Waals surface area (Å²) in [6.07, 6.45) is 0. The van der Waals surface area contributed by atoms with Gasteiger partial charge >= 0.3 is 0 Å². The lowest BCUT2D eigenvalue weighted by molar-refractivity contribution is 0.133. The van der Waals surface area contributed by atoms with E-state index in [2.05, 4.69) is 16.8 Å². The first-order chi connectivity index (χ1) is 8.79. The van der Waals surface area contributed by atoms with Crippen LogP contribution in [0, 0.1) is 0 Å². The van der Waals surface area contributed by atoms with Gasteiger partial charge in [-0.25, -0.2) is 0 Å². The lowest BCUT2D eigenvalue weighted by Crippen LogP contribution is -2.45. The number of likely N-dealkylation sites (N-methyl/N-ethyl adjacent to an activating group) is 1. The third-order valence-corrected chi connectivity index (χ3v) is 3.40. The van der Waals surface area contributed by atoms with Crippen LogP contribution in [-0.4, -0.2) is 61.3 Å². The molecule has 0 amide bonds. The number of halogens is 1. The number of aliphatic hydroxyl groups excluding tert-OH is 1. The van der Waals surface area contributed by atoms with Crippen LogP contribution in [0.3, 0.4) is 0 Å². The minimum atomic E-state index is 0. The third kappa shape index (κ3) is 4.99. The van der Waals surface area contributed by atoms with E-state index in [1.807, 2.05) is 24.3 Å². The highest BCUT2D eigenvalue weighted by molar-refractivity contribution is 5.85. The second kappa shape index (κ2) is 8.38. The molecule has 108 valence electrons. The van der Waals surface area contributed by atoms with E-state index in [1.165, 1.54) is 0 Å². The van der Waals surface area contributed by atoms with E-state index in [9.17, 15) is 5.11 Å². The van der Waals surface area contributed by atoms with Crippen LogP contribution in [0.15, 0.2) is 24.3 Å². The second-order valence-corrected chi connectivity index (χ2v) is 4.76. The van der Waals surface area contributed by atoms with Gasteiger partial charge in [0.05, 0.1) is 6.61 Å². The van der Waals surface area contributed by atoms with Crippen molar-refractivity contribution >= 4 is 12.4 Å². The van der Waals surface area contributed by atoms with Gasteiger partial charge in [0.2, 0.25) is 0 Å². The van der Waals surface area contributed by atoms with Crippen LogP contribution >= 0.6 is 12.4 Å². The summed E-state index contributed by atoms with van der Waals surface area (Å²) in [5, 5.41) is 9.20. The van der Waals surface area contributed by atoms with Gasteiger partial charge in [0.15, 0.2) is 0 Å². The molecule has 0 spiro atoms. The number of para-hydroxylation sites is 1. The molecule has 0 atom stereocenters. The number of benzene rings is 1. The van der Waals surface area contributed by atoms with Gasteiger partial charge in [-0.3, -0.25) is 4.90 Å². The average molecular weight is 287 g/mol. The maximum atomic E-state index is 9.20. The number of hydrogen-bond acceptors (Lipinski definition) is 4. The van der Waals surface area contributed by atoms with E-state index in [0.717, 1.165) is 44.0 Å². The molecule has 4 nitrogen and oxygen atoms in total. The second-order valence-electron chi connectivity index (χ2n) is 4.76. The van der Waals surface area contributed by atoms with Gasteiger partial charge in [-0.05, 0) is 13.1 Å². The molecule has 1 heterocycles. The van der Waals surface area contributed by atoms with Gasteiger partial charge in [0.25, 0.3) is 0 Å². The van der Waals surface area contributed by atoms with Crippen LogP contribution < -0.4 is 4.74 Å². The largest absolute Gasteiger partial charge is 0.492 e. The van der Waals surface area contributed by atoms with Crippen molar-refractivity contribution in [2.24, 2.45) is 0 Å². The molecule has 5 heteroatoms. The van der Waals surface area contributed by atoms with E-state index >= 15 is 0 Å². The molecule has 1 aromatic carbocycles. The summed E-state index contributed by atoms with van der Waals surface area (Å²) in [5.41, 5.74) is 0.857. The van der Waals surface area contributed by atoms with Crippen molar-refractivity contribution in [3.63, 3.8) is 0 Å². The SMILES string of the molecule is CN1CCN(CCOc2ccccc2CO)CC1.Cl. The molecule has 1 fully saturated rings. The van der Waals surface area contributed by atoms with E-state index in [4.69, 9.17) is 4.74 Å². The standard InChI is InChI=1S/C14H22N2O2.ClH/c1-15-6-8-16(9-7-15)10-11-18-14-5-3-2-4-13(14)12-17;/h2-5,17H,6-12H2,1H3;1H. The van der Waals surface area contributed by atoms with Crippen molar-refractivity contribution in [1.82, 2.24) is 9.80 Å². The molecule has 1 aromatic rings. The summed E-state index contributed by atoms with van der Waals surface area (Å²) in [5.74, 6) is 0.800. The van der Waals surface area contributed by atoms with Gasteiger partial charge in [0, 0.05) is 38.3 Å². The predicted molar refractivity (Wildman–Crippen MR) is 79.0 cm³/mol.